The fourth-order valence-corrected chi connectivity index (χ4v) is 9.06. The molecule has 0 spiro atoms. The molecule has 368 valence electrons. The zero-order valence-corrected chi connectivity index (χ0v) is 36.5. The Morgan fingerprint density at radius 1 is 0.667 bits per heavy atom. The molecule has 2 aliphatic heterocycles. The van der Waals surface area contributed by atoms with Gasteiger partial charge in [0.05, 0.1) is 38.5 Å². The van der Waals surface area contributed by atoms with E-state index in [0.717, 1.165) is 29.9 Å². The predicted octanol–water partition coefficient (Wildman–Crippen LogP) is -4.68. The number of fused-ring (bicyclic) bond motifs is 2. The van der Waals surface area contributed by atoms with Gasteiger partial charge in [-0.3, -0.25) is 27.8 Å². The Morgan fingerprint density at radius 2 is 1.09 bits per heavy atom. The molecule has 0 aromatic carbocycles. The van der Waals surface area contributed by atoms with Gasteiger partial charge >= 0.3 is 43.5 Å². The number of phosphoric ester groups is 2. The maximum atomic E-state index is 12.0. The Morgan fingerprint density at radius 3 is 1.55 bits per heavy atom. The average molecular weight is 1030 g/mol. The van der Waals surface area contributed by atoms with Crippen molar-refractivity contribution in [1.82, 2.24) is 49.7 Å². The number of aromatic amines is 2. The van der Waals surface area contributed by atoms with E-state index in [-0.39, 0.29) is 48.5 Å². The van der Waals surface area contributed by atoms with E-state index in [1.54, 1.807) is 0 Å². The van der Waals surface area contributed by atoms with Crippen LogP contribution in [0.1, 0.15) is 12.5 Å². The van der Waals surface area contributed by atoms with Gasteiger partial charge in [0, 0.05) is 26.2 Å². The lowest BCUT2D eigenvalue weighted by molar-refractivity contribution is -0.0522. The third-order valence-electron chi connectivity index (χ3n) is 8.44. The largest absolute Gasteiger partial charge is 0.481 e. The molecular formula is C26H40N12O24P4. The lowest BCUT2D eigenvalue weighted by atomic mass is 10.1. The molecule has 4 aromatic heterocycles. The second-order valence-electron chi connectivity index (χ2n) is 13.1. The maximum Gasteiger partial charge on any atom is 0.481 e. The SMILES string of the molecule is NCCNC(=O)O[C@@H]1[C@H](O)[C@@H](COP(=O)(O)OP(=O)(O)O)O[C@H]1n1cnc2c(=O)[nH]cnc21.NCCNC(=O)O[C@H]1[C@@H](O)[C@H](n2cnc3c(=O)[nH]cnc32)O[C@@H]1COP(=O)(O)OP(=O)(O)O. The van der Waals surface area contributed by atoms with Crippen LogP contribution in [0.4, 0.5) is 9.59 Å². The van der Waals surface area contributed by atoms with Crippen LogP contribution < -0.4 is 33.2 Å². The molecule has 10 atom stereocenters. The van der Waals surface area contributed by atoms with Gasteiger partial charge in [-0.15, -0.1) is 0 Å². The first kappa shape index (κ1) is 52.5. The molecule has 40 heteroatoms. The zero-order valence-electron chi connectivity index (χ0n) is 32.9. The molecular weight excluding hydrogens is 988 g/mol. The Balaban J connectivity index is 0.000000247. The molecule has 2 amide bonds. The first-order valence-electron chi connectivity index (χ1n) is 18.1. The molecule has 2 fully saturated rings. The first-order chi connectivity index (χ1) is 30.8. The first-order valence-corrected chi connectivity index (χ1v) is 24.1. The minimum absolute atomic E-state index is 0.00569. The highest BCUT2D eigenvalue weighted by molar-refractivity contribution is 7.61. The third-order valence-corrected chi connectivity index (χ3v) is 12.7. The summed E-state index contributed by atoms with van der Waals surface area (Å²) >= 11 is 0. The summed E-state index contributed by atoms with van der Waals surface area (Å²) in [6.07, 6.45) is -9.42. The van der Waals surface area contributed by atoms with Crippen LogP contribution in [-0.2, 0) is 54.9 Å². The molecule has 2 unspecified atom stereocenters. The second kappa shape index (κ2) is 21.6. The number of nitrogens with two attached hydrogens (primary N) is 2. The van der Waals surface area contributed by atoms with Crippen molar-refractivity contribution < 1.29 is 104 Å². The zero-order chi connectivity index (χ0) is 48.8. The smallest absolute Gasteiger partial charge is 0.440 e. The number of rotatable bonds is 18. The maximum absolute atomic E-state index is 12.0. The van der Waals surface area contributed by atoms with E-state index in [2.05, 4.69) is 58.2 Å². The Bertz CT molecular complexity index is 2650. The number of aliphatic hydroxyl groups excluding tert-OH is 2. The Labute approximate surface area is 365 Å². The summed E-state index contributed by atoms with van der Waals surface area (Å²) in [6.45, 7) is -1.54. The van der Waals surface area contributed by atoms with Gasteiger partial charge in [-0.05, 0) is 0 Å². The monoisotopic (exact) mass is 1030 g/mol. The summed E-state index contributed by atoms with van der Waals surface area (Å²) in [5.74, 6) is 0. The summed E-state index contributed by atoms with van der Waals surface area (Å²) in [6, 6.07) is 0. The number of carbonyl (C=O) groups excluding carboxylic acids is 2. The highest BCUT2D eigenvalue weighted by atomic mass is 31.3. The van der Waals surface area contributed by atoms with Crippen molar-refractivity contribution in [3.63, 3.8) is 0 Å². The fourth-order valence-electron chi connectivity index (χ4n) is 5.86. The number of aromatic nitrogens is 8. The molecule has 4 aromatic rings. The van der Waals surface area contributed by atoms with Crippen LogP contribution in [0.2, 0.25) is 0 Å². The van der Waals surface area contributed by atoms with Crippen LogP contribution in [0.15, 0.2) is 34.9 Å². The van der Waals surface area contributed by atoms with Crippen molar-refractivity contribution in [3.8, 4) is 0 Å². The number of alkyl carbamates (subject to hydrolysis) is 2. The van der Waals surface area contributed by atoms with Crippen molar-refractivity contribution in [3.05, 3.63) is 46.0 Å². The summed E-state index contributed by atoms with van der Waals surface area (Å²) in [7, 11) is -21.3. The van der Waals surface area contributed by atoms with Crippen LogP contribution in [0, 0.1) is 0 Å². The van der Waals surface area contributed by atoms with Gasteiger partial charge in [-0.2, -0.15) is 8.62 Å². The molecule has 16 N–H and O–H groups in total. The van der Waals surface area contributed by atoms with Gasteiger partial charge in [-0.25, -0.2) is 47.8 Å². The number of carbonyl (C=O) groups is 2. The second-order valence-corrected chi connectivity index (χ2v) is 18.7. The number of aliphatic hydroxyl groups is 2. The molecule has 2 saturated heterocycles. The molecule has 2 aliphatic rings. The summed E-state index contributed by atoms with van der Waals surface area (Å²) in [5.41, 5.74) is 9.29. The summed E-state index contributed by atoms with van der Waals surface area (Å²) in [5, 5.41) is 26.0. The number of nitrogens with one attached hydrogen (secondary N) is 4. The van der Waals surface area contributed by atoms with Crippen LogP contribution in [0.5, 0.6) is 0 Å². The molecule has 6 rings (SSSR count). The molecule has 0 radical (unpaired) electrons. The lowest BCUT2D eigenvalue weighted by Gasteiger charge is -2.22. The van der Waals surface area contributed by atoms with Gasteiger partial charge in [0.2, 0.25) is 0 Å². The minimum atomic E-state index is -5.38. The van der Waals surface area contributed by atoms with Gasteiger partial charge < -0.3 is 90.6 Å². The molecule has 36 nitrogen and oxygen atoms in total. The number of nitrogens with zero attached hydrogens (tertiary/aromatic N) is 6. The minimum Gasteiger partial charge on any atom is -0.440 e. The van der Waals surface area contributed by atoms with Crippen LogP contribution in [-0.4, -0.2) is 167 Å². The molecule has 66 heavy (non-hydrogen) atoms. The van der Waals surface area contributed by atoms with E-state index in [0.29, 0.717) is 0 Å². The number of imidazole rings is 2. The predicted molar refractivity (Wildman–Crippen MR) is 209 cm³/mol. The van der Waals surface area contributed by atoms with Crippen molar-refractivity contribution in [2.45, 2.75) is 49.1 Å². The number of hydrogen-bond acceptors (Lipinski definition) is 24. The third kappa shape index (κ3) is 13.8. The molecule has 6 heterocycles. The van der Waals surface area contributed by atoms with E-state index >= 15 is 0 Å². The molecule has 0 aliphatic carbocycles. The topological polar surface area (TPSA) is 541 Å². The lowest BCUT2D eigenvalue weighted by Crippen LogP contribution is -2.42. The van der Waals surface area contributed by atoms with Crippen molar-refractivity contribution >= 4 is 65.8 Å². The van der Waals surface area contributed by atoms with E-state index in [4.69, 9.17) is 50.0 Å². The van der Waals surface area contributed by atoms with Crippen molar-refractivity contribution in [2.75, 3.05) is 39.4 Å². The Hall–Kier alpha value is -4.48. The van der Waals surface area contributed by atoms with Gasteiger partial charge in [-0.1, -0.05) is 0 Å². The number of hydrogen-bond donors (Lipinski definition) is 14. The van der Waals surface area contributed by atoms with Crippen LogP contribution in [0.3, 0.4) is 0 Å². The van der Waals surface area contributed by atoms with Gasteiger partial charge in [0.25, 0.3) is 11.1 Å². The highest BCUT2D eigenvalue weighted by Gasteiger charge is 2.51. The van der Waals surface area contributed by atoms with Crippen LogP contribution in [0.25, 0.3) is 22.3 Å². The summed E-state index contributed by atoms with van der Waals surface area (Å²) < 4.78 is 85.3. The number of H-pyrrole nitrogens is 2. The fraction of sp³-hybridized carbons (Fsp3) is 0.538. The molecule has 0 bridgehead atoms. The van der Waals surface area contributed by atoms with Gasteiger partial charge in [0.15, 0.2) is 47.0 Å². The van der Waals surface area contributed by atoms with E-state index in [1.807, 2.05) is 0 Å². The standard InChI is InChI=1S/2C13H20N6O12P2/c14-1-2-15-13(22)30-9-6(3-28-33(26,27)31-32(23,24)25)29-12(8(9)20)19-5-18-7-10(19)16-4-17-11(7)21;14-1-2-15-13(22)30-9-8(20)6(3-28-33(26,27)31-32(23,24)25)29-12(9)19-5-18-7-10(19)16-4-17-11(7)21/h2*4-6,8-9,12,20H,1-3,14H2,(H,15,22)(H,26,27)(H,16,17,21)(H2,23,24,25)/t2*6-,8-,9-,12-/m11/s1. The average Bonchev–Trinajstić information content (AvgIpc) is 3.98. The van der Waals surface area contributed by atoms with Crippen LogP contribution >= 0.6 is 31.3 Å². The molecule has 0 saturated carbocycles. The normalized spacial score (nSPS) is 25.1. The van der Waals surface area contributed by atoms with Crippen molar-refractivity contribution in [1.29, 1.82) is 0 Å². The van der Waals surface area contributed by atoms with E-state index < -0.39 is 117 Å². The number of amides is 2. The Kier molecular flexibility index (Phi) is 17.2. The van der Waals surface area contributed by atoms with E-state index in [1.165, 1.54) is 4.57 Å². The highest BCUT2D eigenvalue weighted by Crippen LogP contribution is 2.58. The summed E-state index contributed by atoms with van der Waals surface area (Å²) in [4.78, 5) is 122. The number of ether oxygens (including phenoxy) is 4. The quantitative estimate of drug-likeness (QED) is 0.0417. The number of phosphoric acid groups is 4. The van der Waals surface area contributed by atoms with Crippen molar-refractivity contribution in [2.24, 2.45) is 11.5 Å². The van der Waals surface area contributed by atoms with Gasteiger partial charge in [0.1, 0.15) is 24.4 Å². The van der Waals surface area contributed by atoms with E-state index in [9.17, 15) is 57.4 Å².